The summed E-state index contributed by atoms with van der Waals surface area (Å²) in [5, 5.41) is 8.86. The van der Waals surface area contributed by atoms with Crippen LogP contribution in [-0.2, 0) is 11.2 Å². The van der Waals surface area contributed by atoms with Crippen LogP contribution in [0.15, 0.2) is 18.2 Å². The summed E-state index contributed by atoms with van der Waals surface area (Å²) in [6, 6.07) is 3.54. The van der Waals surface area contributed by atoms with Gasteiger partial charge in [-0.1, -0.05) is 0 Å². The third kappa shape index (κ3) is 3.82. The molecule has 0 saturated carbocycles. The monoisotopic (exact) mass is 244 g/mol. The van der Waals surface area contributed by atoms with Gasteiger partial charge < -0.3 is 14.6 Å². The van der Waals surface area contributed by atoms with Gasteiger partial charge in [-0.05, 0) is 30.2 Å². The molecule has 4 nitrogen and oxygen atoms in total. The van der Waals surface area contributed by atoms with Crippen molar-refractivity contribution in [1.82, 2.24) is 0 Å². The Labute approximate surface area is 95.8 Å². The van der Waals surface area contributed by atoms with E-state index in [-0.39, 0.29) is 24.2 Å². The van der Waals surface area contributed by atoms with Crippen molar-refractivity contribution in [3.63, 3.8) is 0 Å². The smallest absolute Gasteiger partial charge is 0.387 e. The second kappa shape index (κ2) is 5.93. The molecule has 1 rings (SSSR count). The molecule has 0 atom stereocenters. The van der Waals surface area contributed by atoms with Gasteiger partial charge in [0.2, 0.25) is 0 Å². The number of aryl methyl sites for hydroxylation is 1. The lowest BCUT2D eigenvalue weighted by Crippen LogP contribution is -2.06. The molecule has 0 unspecified atom stereocenters. The van der Waals surface area contributed by atoms with Crippen molar-refractivity contribution < 1.29 is 28.2 Å². The Morgan fingerprint density at radius 2 is 2.18 bits per heavy atom. The van der Waals surface area contributed by atoms with Crippen LogP contribution in [-0.4, -0.2) is 24.0 Å². The van der Waals surface area contributed by atoms with Crippen molar-refractivity contribution in [3.8, 4) is 5.75 Å². The van der Waals surface area contributed by atoms with E-state index in [1.54, 1.807) is 0 Å². The van der Waals surface area contributed by atoms with Gasteiger partial charge in [-0.25, -0.2) is 4.79 Å². The van der Waals surface area contributed by atoms with Crippen LogP contribution < -0.4 is 4.74 Å². The van der Waals surface area contributed by atoms with Crippen molar-refractivity contribution in [1.29, 1.82) is 0 Å². The highest BCUT2D eigenvalue weighted by atomic mass is 19.3. The van der Waals surface area contributed by atoms with Crippen LogP contribution in [0.4, 0.5) is 8.78 Å². The summed E-state index contributed by atoms with van der Waals surface area (Å²) in [6.07, 6.45) is 0.927. The first-order chi connectivity index (χ1) is 8.04. The van der Waals surface area contributed by atoms with E-state index in [1.807, 2.05) is 0 Å². The Morgan fingerprint density at radius 1 is 1.47 bits per heavy atom. The molecule has 0 fully saturated rings. The number of ether oxygens (including phenoxy) is 1. The van der Waals surface area contributed by atoms with Gasteiger partial charge in [0.15, 0.2) is 0 Å². The number of halogens is 2. The summed E-state index contributed by atoms with van der Waals surface area (Å²) < 4.78 is 28.1. The number of rotatable bonds is 6. The average Bonchev–Trinajstić information content (AvgIpc) is 2.25. The van der Waals surface area contributed by atoms with Crippen molar-refractivity contribution in [3.05, 3.63) is 29.3 Å². The topological polar surface area (TPSA) is 63.6 Å². The normalized spacial score (nSPS) is 10.3. The van der Waals surface area contributed by atoms with Crippen LogP contribution in [0.5, 0.6) is 5.75 Å². The fourth-order valence-electron chi connectivity index (χ4n) is 1.38. The van der Waals surface area contributed by atoms with Crippen LogP contribution >= 0.6 is 0 Å². The highest BCUT2D eigenvalue weighted by molar-refractivity contribution is 5.89. The predicted molar refractivity (Wildman–Crippen MR) is 54.4 cm³/mol. The number of benzene rings is 1. The number of aldehydes is 1. The first-order valence-electron chi connectivity index (χ1n) is 4.79. The maximum Gasteiger partial charge on any atom is 0.387 e. The zero-order valence-corrected chi connectivity index (χ0v) is 8.73. The average molecular weight is 244 g/mol. The van der Waals surface area contributed by atoms with Gasteiger partial charge in [0.05, 0.1) is 5.56 Å². The summed E-state index contributed by atoms with van der Waals surface area (Å²) >= 11 is 0. The fraction of sp³-hybridized carbons (Fsp3) is 0.273. The zero-order valence-electron chi connectivity index (χ0n) is 8.73. The van der Waals surface area contributed by atoms with E-state index in [9.17, 15) is 18.4 Å². The van der Waals surface area contributed by atoms with Crippen LogP contribution in [0.2, 0.25) is 0 Å². The van der Waals surface area contributed by atoms with E-state index < -0.39 is 12.6 Å². The molecular formula is C11H10F2O4. The summed E-state index contributed by atoms with van der Waals surface area (Å²) in [5.41, 5.74) is 0.274. The summed E-state index contributed by atoms with van der Waals surface area (Å²) in [5.74, 6) is -1.29. The molecule has 0 saturated heterocycles. The number of carboxylic acid groups (broad SMARTS) is 1. The number of aromatic carboxylic acids is 1. The van der Waals surface area contributed by atoms with Gasteiger partial charge in [-0.15, -0.1) is 0 Å². The number of alkyl halides is 2. The predicted octanol–water partition coefficient (Wildman–Crippen LogP) is 2.12. The lowest BCUT2D eigenvalue weighted by Gasteiger charge is -2.08. The van der Waals surface area contributed by atoms with Gasteiger partial charge in [-0.3, -0.25) is 0 Å². The van der Waals surface area contributed by atoms with Gasteiger partial charge in [0.25, 0.3) is 0 Å². The molecule has 0 radical (unpaired) electrons. The van der Waals surface area contributed by atoms with E-state index in [0.29, 0.717) is 11.8 Å². The minimum absolute atomic E-state index is 0.0199. The van der Waals surface area contributed by atoms with Crippen molar-refractivity contribution >= 4 is 12.3 Å². The van der Waals surface area contributed by atoms with E-state index in [4.69, 9.17) is 5.11 Å². The quantitative estimate of drug-likeness (QED) is 0.778. The highest BCUT2D eigenvalue weighted by Crippen LogP contribution is 2.21. The van der Waals surface area contributed by atoms with Gasteiger partial charge in [0.1, 0.15) is 12.0 Å². The molecule has 0 aliphatic heterocycles. The first kappa shape index (κ1) is 13.1. The summed E-state index contributed by atoms with van der Waals surface area (Å²) in [7, 11) is 0. The Balaban J connectivity index is 3.00. The number of carboxylic acids is 1. The molecular weight excluding hydrogens is 234 g/mol. The van der Waals surface area contributed by atoms with Crippen molar-refractivity contribution in [2.75, 3.05) is 0 Å². The number of hydrogen-bond acceptors (Lipinski definition) is 3. The van der Waals surface area contributed by atoms with Gasteiger partial charge in [-0.2, -0.15) is 8.78 Å². The molecule has 0 bridgehead atoms. The maximum atomic E-state index is 12.0. The minimum Gasteiger partial charge on any atom is -0.478 e. The Morgan fingerprint density at radius 3 is 2.71 bits per heavy atom. The first-order valence-corrected chi connectivity index (χ1v) is 4.79. The molecule has 0 aromatic heterocycles. The SMILES string of the molecule is O=CCCc1cc(OC(F)F)ccc1C(=O)O. The Hall–Kier alpha value is -1.98. The molecule has 6 heteroatoms. The maximum absolute atomic E-state index is 12.0. The summed E-state index contributed by atoms with van der Waals surface area (Å²) in [4.78, 5) is 21.1. The van der Waals surface area contributed by atoms with E-state index in [1.165, 1.54) is 12.1 Å². The van der Waals surface area contributed by atoms with Crippen LogP contribution in [0, 0.1) is 0 Å². The lowest BCUT2D eigenvalue weighted by molar-refractivity contribution is -0.107. The van der Waals surface area contributed by atoms with E-state index in [2.05, 4.69) is 4.74 Å². The van der Waals surface area contributed by atoms with Crippen molar-refractivity contribution in [2.24, 2.45) is 0 Å². The third-order valence-electron chi connectivity index (χ3n) is 2.06. The molecule has 0 aliphatic rings. The third-order valence-corrected chi connectivity index (χ3v) is 2.06. The Bertz CT molecular complexity index is 418. The van der Waals surface area contributed by atoms with Crippen LogP contribution in [0.25, 0.3) is 0 Å². The number of carbonyl (C=O) groups excluding carboxylic acids is 1. The zero-order chi connectivity index (χ0) is 12.8. The second-order valence-corrected chi connectivity index (χ2v) is 3.21. The van der Waals surface area contributed by atoms with Crippen LogP contribution in [0.1, 0.15) is 22.3 Å². The molecule has 17 heavy (non-hydrogen) atoms. The molecule has 0 aliphatic carbocycles. The van der Waals surface area contributed by atoms with E-state index >= 15 is 0 Å². The number of hydrogen-bond donors (Lipinski definition) is 1. The summed E-state index contributed by atoms with van der Waals surface area (Å²) in [6.45, 7) is -2.97. The molecule has 0 amide bonds. The Kier molecular flexibility index (Phi) is 4.56. The second-order valence-electron chi connectivity index (χ2n) is 3.21. The largest absolute Gasteiger partial charge is 0.478 e. The molecule has 1 aromatic rings. The highest BCUT2D eigenvalue weighted by Gasteiger charge is 2.12. The molecule has 1 aromatic carbocycles. The van der Waals surface area contributed by atoms with E-state index in [0.717, 1.165) is 6.07 Å². The standard InChI is InChI=1S/C11H10F2O4/c12-11(13)17-8-3-4-9(10(15)16)7(6-8)2-1-5-14/h3-6,11H,1-2H2,(H,15,16). The molecule has 92 valence electrons. The lowest BCUT2D eigenvalue weighted by atomic mass is 10.0. The van der Waals surface area contributed by atoms with Gasteiger partial charge in [0, 0.05) is 6.42 Å². The fourth-order valence-corrected chi connectivity index (χ4v) is 1.38. The van der Waals surface area contributed by atoms with Gasteiger partial charge >= 0.3 is 12.6 Å². The van der Waals surface area contributed by atoms with Crippen molar-refractivity contribution in [2.45, 2.75) is 19.5 Å². The van der Waals surface area contributed by atoms with Crippen LogP contribution in [0.3, 0.4) is 0 Å². The molecule has 0 spiro atoms. The minimum atomic E-state index is -2.97. The number of carbonyl (C=O) groups is 2. The molecule has 1 N–H and O–H groups in total. The molecule has 0 heterocycles.